The molecule has 0 unspecified atom stereocenters. The summed E-state index contributed by atoms with van der Waals surface area (Å²) in [5, 5.41) is 3.68. The van der Waals surface area contributed by atoms with Gasteiger partial charge in [0.05, 0.1) is 10.5 Å². The average Bonchev–Trinajstić information content (AvgIpc) is 3.39. The number of anilines is 1. The summed E-state index contributed by atoms with van der Waals surface area (Å²) >= 11 is 0. The third kappa shape index (κ3) is 4.01. The molecule has 0 aromatic heterocycles. The van der Waals surface area contributed by atoms with E-state index in [4.69, 9.17) is 0 Å². The van der Waals surface area contributed by atoms with Crippen molar-refractivity contribution in [3.8, 4) is 0 Å². The summed E-state index contributed by atoms with van der Waals surface area (Å²) < 4.78 is 77.1. The zero-order chi connectivity index (χ0) is 22.6. The highest BCUT2D eigenvalue weighted by molar-refractivity contribution is 7.94. The van der Waals surface area contributed by atoms with E-state index in [-0.39, 0.29) is 22.5 Å². The fraction of sp³-hybridized carbons (Fsp3) is 0.227. The van der Waals surface area contributed by atoms with Crippen LogP contribution in [-0.2, 0) is 26.2 Å². The Bertz CT molecular complexity index is 1240. The molecule has 4 rings (SSSR count). The van der Waals surface area contributed by atoms with E-state index in [1.54, 1.807) is 0 Å². The number of rotatable bonds is 5. The van der Waals surface area contributed by atoms with Crippen LogP contribution in [0.15, 0.2) is 58.9 Å². The second kappa shape index (κ2) is 7.05. The van der Waals surface area contributed by atoms with Gasteiger partial charge in [-0.25, -0.2) is 12.8 Å². The Morgan fingerprint density at radius 1 is 1.13 bits per heavy atom. The molecule has 9 heteroatoms. The average molecular weight is 451 g/mol. The molecule has 1 N–H and O–H groups in total. The highest BCUT2D eigenvalue weighted by Crippen LogP contribution is 2.54. The first kappa shape index (κ1) is 21.3. The van der Waals surface area contributed by atoms with Crippen LogP contribution < -0.4 is 5.32 Å². The van der Waals surface area contributed by atoms with E-state index in [1.165, 1.54) is 24.3 Å². The molecule has 0 saturated heterocycles. The van der Waals surface area contributed by atoms with Crippen LogP contribution in [0.4, 0.5) is 23.2 Å². The van der Waals surface area contributed by atoms with Gasteiger partial charge < -0.3 is 5.32 Å². The number of alkyl halides is 3. The van der Waals surface area contributed by atoms with E-state index in [1.807, 2.05) is 0 Å². The maximum atomic E-state index is 14.3. The quantitative estimate of drug-likeness (QED) is 0.501. The molecule has 0 atom stereocenters. The van der Waals surface area contributed by atoms with Gasteiger partial charge in [-0.15, -0.1) is 0 Å². The van der Waals surface area contributed by atoms with Crippen molar-refractivity contribution in [3.05, 3.63) is 76.5 Å². The summed E-state index contributed by atoms with van der Waals surface area (Å²) in [4.78, 5) is 12.7. The number of amides is 1. The molecule has 1 fully saturated rings. The number of nitrogens with one attached hydrogen (secondary N) is 1. The Balaban J connectivity index is 1.50. The van der Waals surface area contributed by atoms with E-state index in [0.717, 1.165) is 17.5 Å². The first-order valence-electron chi connectivity index (χ1n) is 9.35. The number of sulfone groups is 1. The third-order valence-corrected chi connectivity index (χ3v) is 7.07. The Morgan fingerprint density at radius 2 is 1.84 bits per heavy atom. The largest absolute Gasteiger partial charge is 0.416 e. The standard InChI is InChI=1S/C22H17F4NO3S/c1-13(20(28)27-16-3-5-19-14(10-16)6-9-31(19,29)30)12-21(7-8-21)17-11-15(22(24,25)26)2-4-18(17)23/h2-6,9-11H,1,7-8,12H2,(H,27,28). The molecule has 0 spiro atoms. The van der Waals surface area contributed by atoms with E-state index in [0.29, 0.717) is 30.2 Å². The lowest BCUT2D eigenvalue weighted by Crippen LogP contribution is -2.20. The number of carbonyl (C=O) groups excluding carboxylic acids is 1. The van der Waals surface area contributed by atoms with Crippen LogP contribution >= 0.6 is 0 Å². The molecule has 1 saturated carbocycles. The third-order valence-electron chi connectivity index (χ3n) is 5.59. The Kier molecular flexibility index (Phi) is 4.84. The van der Waals surface area contributed by atoms with E-state index in [2.05, 4.69) is 11.9 Å². The fourth-order valence-electron chi connectivity index (χ4n) is 3.76. The summed E-state index contributed by atoms with van der Waals surface area (Å²) in [6.45, 7) is 3.73. The Morgan fingerprint density at radius 3 is 2.48 bits per heavy atom. The van der Waals surface area contributed by atoms with Gasteiger partial charge in [-0.3, -0.25) is 4.79 Å². The minimum atomic E-state index is -4.59. The number of hydrogen-bond acceptors (Lipinski definition) is 3. The van der Waals surface area contributed by atoms with Gasteiger partial charge in [0.25, 0.3) is 5.91 Å². The molecule has 1 heterocycles. The van der Waals surface area contributed by atoms with Gasteiger partial charge >= 0.3 is 6.18 Å². The molecular formula is C22H17F4NO3S. The van der Waals surface area contributed by atoms with Crippen LogP contribution in [0.25, 0.3) is 6.08 Å². The van der Waals surface area contributed by atoms with Gasteiger partial charge in [-0.2, -0.15) is 13.2 Å². The van der Waals surface area contributed by atoms with Crippen LogP contribution in [0.3, 0.4) is 0 Å². The number of fused-ring (bicyclic) bond motifs is 1. The number of hydrogen-bond donors (Lipinski definition) is 1. The first-order valence-corrected chi connectivity index (χ1v) is 10.9. The molecule has 1 amide bonds. The lowest BCUT2D eigenvalue weighted by molar-refractivity contribution is -0.137. The van der Waals surface area contributed by atoms with Gasteiger partial charge in [-0.05, 0) is 72.9 Å². The minimum absolute atomic E-state index is 0.0102. The van der Waals surface area contributed by atoms with Gasteiger partial charge in [0.2, 0.25) is 0 Å². The smallest absolute Gasteiger partial charge is 0.322 e. The SMILES string of the molecule is C=C(CC1(c2cc(C(F)(F)F)ccc2F)CC1)C(=O)Nc1ccc2c(c1)C=CS2(=O)=O. The maximum absolute atomic E-state index is 14.3. The van der Waals surface area contributed by atoms with Crippen molar-refractivity contribution in [2.24, 2.45) is 0 Å². The van der Waals surface area contributed by atoms with Gasteiger partial charge in [0.1, 0.15) is 5.82 Å². The summed E-state index contributed by atoms with van der Waals surface area (Å²) in [6.07, 6.45) is -2.28. The predicted octanol–water partition coefficient (Wildman–Crippen LogP) is 5.22. The maximum Gasteiger partial charge on any atom is 0.416 e. The predicted molar refractivity (Wildman–Crippen MR) is 107 cm³/mol. The van der Waals surface area contributed by atoms with Crippen LogP contribution in [0.2, 0.25) is 0 Å². The second-order valence-electron chi connectivity index (χ2n) is 7.81. The zero-order valence-corrected chi connectivity index (χ0v) is 16.9. The highest BCUT2D eigenvalue weighted by Gasteiger charge is 2.47. The Labute approximate surface area is 176 Å². The van der Waals surface area contributed by atoms with Crippen molar-refractivity contribution in [3.63, 3.8) is 0 Å². The molecule has 2 aromatic rings. The van der Waals surface area contributed by atoms with Gasteiger partial charge in [-0.1, -0.05) is 6.58 Å². The topological polar surface area (TPSA) is 63.2 Å². The summed E-state index contributed by atoms with van der Waals surface area (Å²) in [5.74, 6) is -1.31. The number of benzene rings is 2. The zero-order valence-electron chi connectivity index (χ0n) is 16.1. The molecule has 0 bridgehead atoms. The van der Waals surface area contributed by atoms with Crippen molar-refractivity contribution >= 4 is 27.5 Å². The summed E-state index contributed by atoms with van der Waals surface area (Å²) in [6, 6.07) is 6.62. The van der Waals surface area contributed by atoms with Crippen molar-refractivity contribution in [1.82, 2.24) is 0 Å². The van der Waals surface area contributed by atoms with Gasteiger partial charge in [0, 0.05) is 22.1 Å². The number of halogens is 4. The Hall–Kier alpha value is -2.94. The summed E-state index contributed by atoms with van der Waals surface area (Å²) in [7, 11) is -3.46. The van der Waals surface area contributed by atoms with E-state index in [9.17, 15) is 30.8 Å². The molecule has 0 radical (unpaired) electrons. The molecule has 2 aromatic carbocycles. The highest BCUT2D eigenvalue weighted by atomic mass is 32.2. The van der Waals surface area contributed by atoms with Crippen LogP contribution in [-0.4, -0.2) is 14.3 Å². The molecule has 31 heavy (non-hydrogen) atoms. The normalized spacial score (nSPS) is 17.8. The van der Waals surface area contributed by atoms with Crippen molar-refractivity contribution in [2.45, 2.75) is 35.7 Å². The van der Waals surface area contributed by atoms with Crippen molar-refractivity contribution < 1.29 is 30.8 Å². The molecule has 2 aliphatic rings. The minimum Gasteiger partial charge on any atom is -0.322 e. The fourth-order valence-corrected chi connectivity index (χ4v) is 4.95. The van der Waals surface area contributed by atoms with Crippen LogP contribution in [0, 0.1) is 5.82 Å². The molecule has 162 valence electrons. The molecular weight excluding hydrogens is 434 g/mol. The van der Waals surface area contributed by atoms with Crippen molar-refractivity contribution in [1.29, 1.82) is 0 Å². The molecule has 1 aliphatic carbocycles. The number of carbonyl (C=O) groups is 1. The van der Waals surface area contributed by atoms with E-state index >= 15 is 0 Å². The first-order chi connectivity index (χ1) is 14.4. The lowest BCUT2D eigenvalue weighted by Gasteiger charge is -2.19. The lowest BCUT2D eigenvalue weighted by atomic mass is 9.87. The monoisotopic (exact) mass is 451 g/mol. The van der Waals surface area contributed by atoms with Gasteiger partial charge in [0.15, 0.2) is 9.84 Å². The molecule has 4 nitrogen and oxygen atoms in total. The molecule has 1 aliphatic heterocycles. The van der Waals surface area contributed by atoms with Crippen molar-refractivity contribution in [2.75, 3.05) is 5.32 Å². The van der Waals surface area contributed by atoms with Crippen LogP contribution in [0.1, 0.15) is 36.0 Å². The van der Waals surface area contributed by atoms with E-state index < -0.39 is 38.7 Å². The van der Waals surface area contributed by atoms with Crippen LogP contribution in [0.5, 0.6) is 0 Å². The summed E-state index contributed by atoms with van der Waals surface area (Å²) in [5.41, 5.74) is -1.02. The second-order valence-corrected chi connectivity index (χ2v) is 9.61.